The largest absolute Gasteiger partial charge is 0.465 e. The Morgan fingerprint density at radius 2 is 1.46 bits per heavy atom. The van der Waals surface area contributed by atoms with E-state index in [1.165, 1.54) is 20.2 Å². The van der Waals surface area contributed by atoms with Crippen LogP contribution in [0.3, 0.4) is 0 Å². The number of benzene rings is 3. The summed E-state index contributed by atoms with van der Waals surface area (Å²) < 4.78 is 20.4. The molecule has 4 amide bonds. The zero-order valence-electron chi connectivity index (χ0n) is 33.7. The van der Waals surface area contributed by atoms with E-state index in [9.17, 15) is 24.3 Å². The van der Waals surface area contributed by atoms with Crippen molar-refractivity contribution in [2.75, 3.05) is 14.2 Å². The number of rotatable bonds is 8. The lowest BCUT2D eigenvalue weighted by Gasteiger charge is -2.35. The number of carbonyl (C=O) groups excluding carboxylic acids is 3. The molecular formula is C44H47FN8O6. The summed E-state index contributed by atoms with van der Waals surface area (Å²) in [5.74, 6) is 6.90. The fraction of sp³-hybridized carbons (Fsp3) is 0.455. The highest BCUT2D eigenvalue weighted by atomic mass is 19.1. The quantitative estimate of drug-likeness (QED) is 0.129. The first-order valence-electron chi connectivity index (χ1n) is 20.3. The number of halogens is 1. The molecule has 59 heavy (non-hydrogen) atoms. The number of ether oxygens (including phenoxy) is 1. The summed E-state index contributed by atoms with van der Waals surface area (Å²) in [7, 11) is 2.70. The van der Waals surface area contributed by atoms with Crippen molar-refractivity contribution in [3.8, 4) is 11.8 Å². The van der Waals surface area contributed by atoms with Gasteiger partial charge in [0.15, 0.2) is 5.82 Å². The molecule has 15 heteroatoms. The Balaban J connectivity index is 0.956. The number of amides is 4. The van der Waals surface area contributed by atoms with Gasteiger partial charge >= 0.3 is 12.2 Å². The summed E-state index contributed by atoms with van der Waals surface area (Å²) in [5, 5.41) is 14.3. The smallest absolute Gasteiger partial charge is 0.407 e. The number of piperidine rings is 2. The van der Waals surface area contributed by atoms with Crippen LogP contribution < -0.4 is 5.32 Å². The minimum atomic E-state index is -1.17. The Kier molecular flexibility index (Phi) is 9.28. The van der Waals surface area contributed by atoms with Crippen LogP contribution in [0.1, 0.15) is 88.2 Å². The van der Waals surface area contributed by atoms with E-state index in [0.717, 1.165) is 51.5 Å². The number of H-pyrrole nitrogens is 2. The number of carbonyl (C=O) groups is 4. The van der Waals surface area contributed by atoms with Crippen LogP contribution in [0.2, 0.25) is 0 Å². The topological polar surface area (TPSA) is 177 Å². The number of aromatic amines is 2. The number of fused-ring (bicyclic) bond motifs is 6. The molecule has 306 valence electrons. The molecular weight excluding hydrogens is 756 g/mol. The van der Waals surface area contributed by atoms with Crippen molar-refractivity contribution >= 4 is 56.8 Å². The molecule has 0 bridgehead atoms. The second-order valence-corrected chi connectivity index (χ2v) is 17.3. The van der Waals surface area contributed by atoms with E-state index in [1.54, 1.807) is 11.0 Å². The zero-order chi connectivity index (χ0) is 41.6. The maximum absolute atomic E-state index is 15.6. The number of nitrogens with zero attached hydrogens (tertiary/aromatic N) is 5. The van der Waals surface area contributed by atoms with Crippen LogP contribution in [-0.4, -0.2) is 102 Å². The molecule has 0 radical (unpaired) electrons. The minimum Gasteiger partial charge on any atom is -0.465 e. The van der Waals surface area contributed by atoms with Crippen LogP contribution in [0, 0.1) is 41.3 Å². The van der Waals surface area contributed by atoms with E-state index in [1.807, 2.05) is 62.9 Å². The van der Waals surface area contributed by atoms with Crippen molar-refractivity contribution in [2.24, 2.45) is 23.7 Å². The van der Waals surface area contributed by atoms with Crippen molar-refractivity contribution < 1.29 is 33.4 Å². The van der Waals surface area contributed by atoms with Crippen molar-refractivity contribution in [2.45, 2.75) is 89.6 Å². The van der Waals surface area contributed by atoms with Crippen LogP contribution in [0.5, 0.6) is 0 Å². The molecule has 5 aromatic rings. The third-order valence-corrected chi connectivity index (χ3v) is 12.7. The lowest BCUT2D eigenvalue weighted by Crippen LogP contribution is -2.52. The van der Waals surface area contributed by atoms with Crippen LogP contribution in [-0.2, 0) is 14.3 Å². The average molecular weight is 803 g/mol. The fourth-order valence-electron chi connectivity index (χ4n) is 9.59. The average Bonchev–Trinajstić information content (AvgIpc) is 3.85. The highest BCUT2D eigenvalue weighted by Crippen LogP contribution is 2.55. The SMILES string of the molecule is COC(=O)N[C@H](C(=O)N1[C@@H]2C[C@@H]2C[C@H]1c1nc2c(ccc3cc(C#Cc4cc(F)c5nc([C@@H]6C[C@H]7C[C@H]7N6C(=O)[C@H](C(C)C)N(C)C(=O)O)[nH]c5c4)ccc32)[nH]1)C(C)C. The van der Waals surface area contributed by atoms with E-state index in [0.29, 0.717) is 41.0 Å². The number of likely N-dealkylation sites (N-methyl/N-ethyl adjacent to an activating group) is 1. The standard InChI is InChI=1S/C44H47FN8O6/c1-20(2)35(50-43(56)59-6)41(54)52-31-16-25(31)18-33(52)39-46-29-12-10-24-13-22(9-11-27(24)36(29)48-39)7-8-23-14-28(45)37-30(15-23)47-40(49-37)34-19-26-17-32(26)53(34)42(55)38(21(3)4)51(5)44(57)58/h9-15,20-21,25-26,31-35,38H,16-19H2,1-6H3,(H,46,48)(H,47,49)(H,50,56)(H,57,58)/t25-,26-,31-,32-,33+,34+,35+,38+/m1/s1. The maximum atomic E-state index is 15.6. The van der Waals surface area contributed by atoms with Gasteiger partial charge in [-0.2, -0.15) is 0 Å². The Morgan fingerprint density at radius 3 is 2.08 bits per heavy atom. The fourth-order valence-corrected chi connectivity index (χ4v) is 9.59. The van der Waals surface area contributed by atoms with Crippen LogP contribution in [0.25, 0.3) is 32.8 Å². The van der Waals surface area contributed by atoms with Crippen LogP contribution in [0.15, 0.2) is 42.5 Å². The summed E-state index contributed by atoms with van der Waals surface area (Å²) >= 11 is 0. The maximum Gasteiger partial charge on any atom is 0.407 e. The number of hydrogen-bond donors (Lipinski definition) is 4. The molecule has 14 nitrogen and oxygen atoms in total. The van der Waals surface area contributed by atoms with Gasteiger partial charge in [0.05, 0.1) is 35.7 Å². The van der Waals surface area contributed by atoms with Gasteiger partial charge in [0.2, 0.25) is 11.8 Å². The van der Waals surface area contributed by atoms with Gasteiger partial charge in [0.25, 0.3) is 0 Å². The monoisotopic (exact) mass is 802 g/mol. The van der Waals surface area contributed by atoms with E-state index < -0.39 is 36.1 Å². The number of hydrogen-bond acceptors (Lipinski definition) is 7. The number of carboxylic acid groups (broad SMARTS) is 1. The third kappa shape index (κ3) is 6.68. The van der Waals surface area contributed by atoms with E-state index in [-0.39, 0.29) is 47.3 Å². The van der Waals surface area contributed by atoms with Gasteiger partial charge in [0.1, 0.15) is 29.2 Å². The molecule has 4 fully saturated rings. The molecule has 4 aliphatic rings. The van der Waals surface area contributed by atoms with E-state index in [2.05, 4.69) is 32.1 Å². The van der Waals surface area contributed by atoms with Gasteiger partial charge in [-0.1, -0.05) is 51.7 Å². The van der Waals surface area contributed by atoms with Crippen molar-refractivity contribution in [1.82, 2.24) is 40.0 Å². The molecule has 2 aromatic heterocycles. The zero-order valence-corrected chi connectivity index (χ0v) is 33.7. The molecule has 3 aromatic carbocycles. The number of imidazole rings is 2. The minimum absolute atomic E-state index is 0.0169. The van der Waals surface area contributed by atoms with Crippen molar-refractivity contribution in [1.29, 1.82) is 0 Å². The molecule has 0 unspecified atom stereocenters. The van der Waals surface area contributed by atoms with Crippen LogP contribution >= 0.6 is 0 Å². The van der Waals surface area contributed by atoms with E-state index >= 15 is 4.39 Å². The molecule has 0 spiro atoms. The molecule has 2 saturated heterocycles. The molecule has 9 rings (SSSR count). The van der Waals surface area contributed by atoms with Gasteiger partial charge in [-0.05, 0) is 85.1 Å². The Labute approximate surface area is 339 Å². The molecule has 4 heterocycles. The number of likely N-dealkylation sites (tertiary alicyclic amines) is 2. The molecule has 8 atom stereocenters. The summed E-state index contributed by atoms with van der Waals surface area (Å²) in [4.78, 5) is 72.8. The lowest BCUT2D eigenvalue weighted by molar-refractivity contribution is -0.140. The van der Waals surface area contributed by atoms with Crippen molar-refractivity contribution in [3.05, 3.63) is 71.1 Å². The number of alkyl carbamates (subject to hydrolysis) is 1. The summed E-state index contributed by atoms with van der Waals surface area (Å²) in [5.41, 5.74) is 3.45. The highest BCUT2D eigenvalue weighted by molar-refractivity contribution is 6.04. The first kappa shape index (κ1) is 38.4. The predicted octanol–water partition coefficient (Wildman–Crippen LogP) is 6.47. The van der Waals surface area contributed by atoms with Crippen molar-refractivity contribution in [3.63, 3.8) is 0 Å². The molecule has 2 aliphatic carbocycles. The Hall–Kier alpha value is -6.17. The first-order chi connectivity index (χ1) is 28.2. The number of aromatic nitrogens is 4. The van der Waals surface area contributed by atoms with Gasteiger partial charge in [-0.3, -0.25) is 14.5 Å². The highest BCUT2D eigenvalue weighted by Gasteiger charge is 2.57. The second kappa shape index (κ2) is 14.3. The summed E-state index contributed by atoms with van der Waals surface area (Å²) in [6, 6.07) is 10.9. The molecule has 2 saturated carbocycles. The molecule has 4 N–H and O–H groups in total. The Morgan fingerprint density at radius 1 is 0.831 bits per heavy atom. The lowest BCUT2D eigenvalue weighted by atomic mass is 10.0. The first-order valence-corrected chi connectivity index (χ1v) is 20.3. The number of methoxy groups -OCH3 is 1. The van der Waals surface area contributed by atoms with Gasteiger partial charge in [-0.25, -0.2) is 23.9 Å². The normalized spacial score (nSPS) is 23.9. The Bertz CT molecular complexity index is 2630. The molecule has 2 aliphatic heterocycles. The van der Waals surface area contributed by atoms with Gasteiger partial charge in [-0.15, -0.1) is 0 Å². The third-order valence-electron chi connectivity index (χ3n) is 12.7. The number of nitrogens with one attached hydrogen (secondary N) is 3. The van der Waals surface area contributed by atoms with Gasteiger partial charge < -0.3 is 34.9 Å². The van der Waals surface area contributed by atoms with Gasteiger partial charge in [0, 0.05) is 35.6 Å². The van der Waals surface area contributed by atoms with Crippen LogP contribution in [0.4, 0.5) is 14.0 Å². The summed E-state index contributed by atoms with van der Waals surface area (Å²) in [6.45, 7) is 7.47. The predicted molar refractivity (Wildman–Crippen MR) is 216 cm³/mol. The van der Waals surface area contributed by atoms with E-state index in [4.69, 9.17) is 9.72 Å². The second-order valence-electron chi connectivity index (χ2n) is 17.3. The summed E-state index contributed by atoms with van der Waals surface area (Å²) in [6.07, 6.45) is 1.48.